The zero-order chi connectivity index (χ0) is 9.14. The van der Waals surface area contributed by atoms with Crippen LogP contribution in [0.5, 0.6) is 0 Å². The summed E-state index contributed by atoms with van der Waals surface area (Å²) < 4.78 is 31.5. The fraction of sp³-hybridized carbons (Fsp3) is 0.250. The number of hydrogen-bond acceptors (Lipinski definition) is 1. The molecule has 0 spiro atoms. The molecule has 0 bridgehead atoms. The molecule has 0 aliphatic rings. The van der Waals surface area contributed by atoms with Crippen LogP contribution in [0.1, 0.15) is 11.1 Å². The second-order valence-corrected chi connectivity index (χ2v) is 3.47. The van der Waals surface area contributed by atoms with Crippen molar-refractivity contribution >= 4 is 11.1 Å². The monoisotopic (exact) mass is 188 g/mol. The van der Waals surface area contributed by atoms with Gasteiger partial charge in [0.15, 0.2) is 11.1 Å². The average Bonchev–Trinajstić information content (AvgIpc) is 1.94. The first kappa shape index (κ1) is 9.35. The maximum atomic E-state index is 12.5. The summed E-state index contributed by atoms with van der Waals surface area (Å²) in [7, 11) is 0. The fourth-order valence-corrected chi connectivity index (χ4v) is 1.54. The number of benzene rings is 1. The second-order valence-electron chi connectivity index (χ2n) is 2.54. The van der Waals surface area contributed by atoms with Gasteiger partial charge in [-0.25, -0.2) is 8.60 Å². The van der Waals surface area contributed by atoms with Gasteiger partial charge >= 0.3 is 0 Å². The number of halogens is 1. The van der Waals surface area contributed by atoms with Crippen LogP contribution >= 0.6 is 0 Å². The second kappa shape index (κ2) is 3.78. The van der Waals surface area contributed by atoms with Crippen molar-refractivity contribution in [2.24, 2.45) is 0 Å². The van der Waals surface area contributed by atoms with Crippen LogP contribution in [0.15, 0.2) is 18.2 Å². The Balaban J connectivity index is 2.93. The minimum absolute atomic E-state index is 0.0616. The van der Waals surface area contributed by atoms with Gasteiger partial charge in [0.1, 0.15) is 5.82 Å². The molecule has 0 heterocycles. The molecule has 1 rings (SSSR count). The van der Waals surface area contributed by atoms with Crippen LogP contribution in [0.2, 0.25) is 0 Å². The Bertz CT molecular complexity index is 312. The van der Waals surface area contributed by atoms with Gasteiger partial charge < -0.3 is 4.55 Å². The molecule has 0 amide bonds. The summed E-state index contributed by atoms with van der Waals surface area (Å²) in [5.41, 5.74) is 1.41. The summed E-state index contributed by atoms with van der Waals surface area (Å²) in [5.74, 6) is -0.258. The first-order chi connectivity index (χ1) is 5.59. The van der Waals surface area contributed by atoms with E-state index >= 15 is 0 Å². The first-order valence-corrected chi connectivity index (χ1v) is 4.69. The van der Waals surface area contributed by atoms with E-state index < -0.39 is 11.1 Å². The largest absolute Gasteiger partial charge is 0.306 e. The normalized spacial score (nSPS) is 12.9. The predicted octanol–water partition coefficient (Wildman–Crippen LogP) is 1.86. The predicted molar refractivity (Wildman–Crippen MR) is 45.6 cm³/mol. The Morgan fingerprint density at radius 3 is 2.75 bits per heavy atom. The van der Waals surface area contributed by atoms with E-state index in [4.69, 9.17) is 4.55 Å². The molecule has 1 aromatic carbocycles. The van der Waals surface area contributed by atoms with Crippen molar-refractivity contribution in [2.45, 2.75) is 12.7 Å². The molecule has 0 saturated heterocycles. The van der Waals surface area contributed by atoms with Crippen LogP contribution < -0.4 is 0 Å². The van der Waals surface area contributed by atoms with Gasteiger partial charge in [-0.2, -0.15) is 0 Å². The van der Waals surface area contributed by atoms with Gasteiger partial charge in [-0.3, -0.25) is 0 Å². The van der Waals surface area contributed by atoms with Crippen molar-refractivity contribution in [3.8, 4) is 0 Å². The van der Waals surface area contributed by atoms with Crippen molar-refractivity contribution in [3.63, 3.8) is 0 Å². The summed E-state index contributed by atoms with van der Waals surface area (Å²) in [5, 5.41) is 0. The standard InChI is InChI=1S/C8H9FO2S/c1-6-4-8(9)3-2-7(6)5-12(10)11/h2-4H,5H2,1H3,(H,10,11). The highest BCUT2D eigenvalue weighted by molar-refractivity contribution is 7.78. The zero-order valence-corrected chi connectivity index (χ0v) is 7.40. The molecule has 4 heteroatoms. The molecule has 12 heavy (non-hydrogen) atoms. The van der Waals surface area contributed by atoms with Gasteiger partial charge in [0.2, 0.25) is 0 Å². The summed E-state index contributed by atoms with van der Waals surface area (Å²) in [6.07, 6.45) is 0. The summed E-state index contributed by atoms with van der Waals surface area (Å²) in [6, 6.07) is 4.16. The van der Waals surface area contributed by atoms with Crippen molar-refractivity contribution in [2.75, 3.05) is 0 Å². The summed E-state index contributed by atoms with van der Waals surface area (Å²) in [4.78, 5) is 0. The topological polar surface area (TPSA) is 37.3 Å². The molecule has 66 valence electrons. The van der Waals surface area contributed by atoms with Crippen molar-refractivity contribution in [1.82, 2.24) is 0 Å². The minimum atomic E-state index is -1.86. The van der Waals surface area contributed by atoms with Gasteiger partial charge in [0, 0.05) is 0 Å². The molecule has 2 nitrogen and oxygen atoms in total. The lowest BCUT2D eigenvalue weighted by Crippen LogP contribution is -1.96. The minimum Gasteiger partial charge on any atom is -0.306 e. The Kier molecular flexibility index (Phi) is 2.94. The number of rotatable bonds is 2. The number of aryl methyl sites for hydroxylation is 1. The molecular formula is C8H9FO2S. The maximum absolute atomic E-state index is 12.5. The molecule has 0 saturated carbocycles. The third-order valence-corrected chi connectivity index (χ3v) is 2.14. The lowest BCUT2D eigenvalue weighted by Gasteiger charge is -2.01. The molecule has 1 N–H and O–H groups in total. The molecule has 1 unspecified atom stereocenters. The number of hydrogen-bond donors (Lipinski definition) is 1. The van der Waals surface area contributed by atoms with E-state index in [2.05, 4.69) is 0 Å². The van der Waals surface area contributed by atoms with Crippen molar-refractivity contribution < 1.29 is 13.2 Å². The van der Waals surface area contributed by atoms with Crippen molar-refractivity contribution in [1.29, 1.82) is 0 Å². The first-order valence-electron chi connectivity index (χ1n) is 3.42. The highest BCUT2D eigenvalue weighted by Crippen LogP contribution is 2.11. The maximum Gasteiger partial charge on any atom is 0.157 e. The van der Waals surface area contributed by atoms with Gasteiger partial charge in [-0.1, -0.05) is 6.07 Å². The average molecular weight is 188 g/mol. The van der Waals surface area contributed by atoms with E-state index in [-0.39, 0.29) is 11.6 Å². The van der Waals surface area contributed by atoms with Gasteiger partial charge in [0.05, 0.1) is 5.75 Å². The summed E-state index contributed by atoms with van der Waals surface area (Å²) >= 11 is -1.86. The lowest BCUT2D eigenvalue weighted by atomic mass is 10.1. The van der Waals surface area contributed by atoms with E-state index in [0.29, 0.717) is 11.1 Å². The molecule has 0 aliphatic carbocycles. The highest BCUT2D eigenvalue weighted by atomic mass is 32.2. The van der Waals surface area contributed by atoms with Crippen LogP contribution in [-0.2, 0) is 16.8 Å². The van der Waals surface area contributed by atoms with Crippen LogP contribution in [0.4, 0.5) is 4.39 Å². The Morgan fingerprint density at radius 2 is 2.25 bits per heavy atom. The van der Waals surface area contributed by atoms with Gasteiger partial charge in [0.25, 0.3) is 0 Å². The molecule has 0 aliphatic heterocycles. The van der Waals surface area contributed by atoms with Gasteiger partial charge in [-0.15, -0.1) is 0 Å². The lowest BCUT2D eigenvalue weighted by molar-refractivity contribution is 0.563. The Hall–Kier alpha value is -0.740. The molecule has 0 aromatic heterocycles. The van der Waals surface area contributed by atoms with E-state index in [0.717, 1.165) is 0 Å². The van der Waals surface area contributed by atoms with E-state index in [1.807, 2.05) is 0 Å². The van der Waals surface area contributed by atoms with Crippen LogP contribution in [-0.4, -0.2) is 8.76 Å². The molecule has 1 aromatic rings. The van der Waals surface area contributed by atoms with E-state index in [1.165, 1.54) is 18.2 Å². The Morgan fingerprint density at radius 1 is 1.58 bits per heavy atom. The van der Waals surface area contributed by atoms with Crippen LogP contribution in [0, 0.1) is 12.7 Å². The fourth-order valence-electron chi connectivity index (χ4n) is 0.954. The zero-order valence-electron chi connectivity index (χ0n) is 6.58. The smallest absolute Gasteiger partial charge is 0.157 e. The quantitative estimate of drug-likeness (QED) is 0.719. The van der Waals surface area contributed by atoms with E-state index in [9.17, 15) is 8.60 Å². The SMILES string of the molecule is Cc1cc(F)ccc1CS(=O)O. The third-order valence-electron chi connectivity index (χ3n) is 1.58. The van der Waals surface area contributed by atoms with Crippen molar-refractivity contribution in [3.05, 3.63) is 35.1 Å². The summed E-state index contributed by atoms with van der Waals surface area (Å²) in [6.45, 7) is 1.71. The van der Waals surface area contributed by atoms with Crippen LogP contribution in [0.25, 0.3) is 0 Å². The highest BCUT2D eigenvalue weighted by Gasteiger charge is 2.02. The Labute approximate surface area is 72.7 Å². The van der Waals surface area contributed by atoms with Gasteiger partial charge in [-0.05, 0) is 30.2 Å². The third kappa shape index (κ3) is 2.39. The van der Waals surface area contributed by atoms with E-state index in [1.54, 1.807) is 6.92 Å². The molecule has 0 fully saturated rings. The molecule has 0 radical (unpaired) electrons. The van der Waals surface area contributed by atoms with Crippen LogP contribution in [0.3, 0.4) is 0 Å². The molecular weight excluding hydrogens is 179 g/mol. The molecule has 1 atom stereocenters.